The number of halogens is 1. The number of rotatable bonds is 5. The molecule has 0 atom stereocenters. The molecule has 2 aromatic carbocycles. The summed E-state index contributed by atoms with van der Waals surface area (Å²) in [6.07, 6.45) is 10.1. The highest BCUT2D eigenvalue weighted by Gasteiger charge is 2.51. The first-order valence-corrected chi connectivity index (χ1v) is 11.7. The summed E-state index contributed by atoms with van der Waals surface area (Å²) in [6, 6.07) is 14.5. The summed E-state index contributed by atoms with van der Waals surface area (Å²) >= 11 is 6.77. The van der Waals surface area contributed by atoms with Crippen LogP contribution in [0.5, 0.6) is 0 Å². The SMILES string of the molecule is O=C(O)Cn1ccc2ccc(Nc3ccc(C45CC6CC(CC(C6)C4)C5)cc3Cl)cc21. The van der Waals surface area contributed by atoms with Gasteiger partial charge in [-0.25, -0.2) is 0 Å². The van der Waals surface area contributed by atoms with E-state index < -0.39 is 5.97 Å². The normalized spacial score (nSPS) is 28.9. The number of carbonyl (C=O) groups is 1. The Kier molecular flexibility index (Phi) is 4.36. The van der Waals surface area contributed by atoms with Gasteiger partial charge >= 0.3 is 5.97 Å². The summed E-state index contributed by atoms with van der Waals surface area (Å²) in [5.74, 6) is 1.89. The lowest BCUT2D eigenvalue weighted by Gasteiger charge is -2.57. The number of hydrogen-bond donors (Lipinski definition) is 2. The Balaban J connectivity index is 1.28. The van der Waals surface area contributed by atoms with Crippen LogP contribution in [0.2, 0.25) is 5.02 Å². The van der Waals surface area contributed by atoms with E-state index in [1.807, 2.05) is 30.5 Å². The van der Waals surface area contributed by atoms with Crippen LogP contribution in [0, 0.1) is 17.8 Å². The molecule has 5 heteroatoms. The van der Waals surface area contributed by atoms with Crippen molar-refractivity contribution < 1.29 is 9.90 Å². The molecule has 4 bridgehead atoms. The Hall–Kier alpha value is -2.46. The number of aliphatic carboxylic acids is 1. The maximum absolute atomic E-state index is 11.1. The molecule has 4 aliphatic carbocycles. The lowest BCUT2D eigenvalue weighted by molar-refractivity contribution is -0.137. The van der Waals surface area contributed by atoms with Crippen molar-refractivity contribution in [1.82, 2.24) is 4.57 Å². The number of anilines is 2. The van der Waals surface area contributed by atoms with E-state index >= 15 is 0 Å². The highest BCUT2D eigenvalue weighted by atomic mass is 35.5. The van der Waals surface area contributed by atoms with Gasteiger partial charge in [-0.3, -0.25) is 4.79 Å². The van der Waals surface area contributed by atoms with E-state index in [4.69, 9.17) is 16.7 Å². The molecular weight excluding hydrogens is 408 g/mol. The van der Waals surface area contributed by atoms with Gasteiger partial charge in [0.2, 0.25) is 0 Å². The van der Waals surface area contributed by atoms with Crippen LogP contribution in [0.4, 0.5) is 11.4 Å². The van der Waals surface area contributed by atoms with Crippen LogP contribution in [-0.4, -0.2) is 15.6 Å². The maximum atomic E-state index is 11.1. The molecule has 2 N–H and O–H groups in total. The first-order valence-electron chi connectivity index (χ1n) is 11.4. The Morgan fingerprint density at radius 1 is 1.03 bits per heavy atom. The van der Waals surface area contributed by atoms with Crippen molar-refractivity contribution >= 4 is 39.8 Å². The number of nitrogens with zero attached hydrogens (tertiary/aromatic N) is 1. The van der Waals surface area contributed by atoms with Crippen LogP contribution in [0.15, 0.2) is 48.7 Å². The van der Waals surface area contributed by atoms with Crippen LogP contribution in [0.1, 0.15) is 44.1 Å². The molecule has 0 spiro atoms. The lowest BCUT2D eigenvalue weighted by Crippen LogP contribution is -2.48. The van der Waals surface area contributed by atoms with E-state index in [0.717, 1.165) is 45.1 Å². The van der Waals surface area contributed by atoms with Gasteiger partial charge in [-0.05, 0) is 103 Å². The minimum atomic E-state index is -0.848. The second-order valence-corrected chi connectivity index (χ2v) is 10.5. The van der Waals surface area contributed by atoms with Crippen molar-refractivity contribution in [2.24, 2.45) is 17.8 Å². The average Bonchev–Trinajstić information content (AvgIpc) is 3.10. The van der Waals surface area contributed by atoms with E-state index in [1.165, 1.54) is 44.1 Å². The molecule has 4 fully saturated rings. The third-order valence-electron chi connectivity index (χ3n) is 7.98. The first kappa shape index (κ1) is 19.2. The van der Waals surface area contributed by atoms with E-state index in [-0.39, 0.29) is 6.54 Å². The van der Waals surface area contributed by atoms with Crippen LogP contribution in [0.25, 0.3) is 10.9 Å². The smallest absolute Gasteiger partial charge is 0.323 e. The highest BCUT2D eigenvalue weighted by Crippen LogP contribution is 2.61. The molecule has 0 saturated heterocycles. The summed E-state index contributed by atoms with van der Waals surface area (Å²) in [7, 11) is 0. The predicted octanol–water partition coefficient (Wildman–Crippen LogP) is 6.59. The highest BCUT2D eigenvalue weighted by molar-refractivity contribution is 6.33. The number of fused-ring (bicyclic) bond motifs is 1. The molecule has 0 unspecified atom stereocenters. The van der Waals surface area contributed by atoms with Gasteiger partial charge in [0.15, 0.2) is 0 Å². The van der Waals surface area contributed by atoms with Crippen LogP contribution >= 0.6 is 11.6 Å². The fourth-order valence-electron chi connectivity index (χ4n) is 7.11. The molecule has 1 aromatic heterocycles. The fraction of sp³-hybridized carbons (Fsp3) is 0.423. The largest absolute Gasteiger partial charge is 0.480 e. The Bertz CT molecular complexity index is 1150. The van der Waals surface area contributed by atoms with Crippen LogP contribution in [0.3, 0.4) is 0 Å². The van der Waals surface area contributed by atoms with E-state index in [0.29, 0.717) is 5.41 Å². The van der Waals surface area contributed by atoms with Gasteiger partial charge in [-0.2, -0.15) is 0 Å². The number of carboxylic acids is 1. The van der Waals surface area contributed by atoms with Crippen molar-refractivity contribution in [3.63, 3.8) is 0 Å². The van der Waals surface area contributed by atoms with E-state index in [9.17, 15) is 4.79 Å². The van der Waals surface area contributed by atoms with Gasteiger partial charge in [0, 0.05) is 11.9 Å². The van der Waals surface area contributed by atoms with E-state index in [1.54, 1.807) is 4.57 Å². The lowest BCUT2D eigenvalue weighted by atomic mass is 9.48. The van der Waals surface area contributed by atoms with Gasteiger partial charge in [0.05, 0.1) is 16.2 Å². The summed E-state index contributed by atoms with van der Waals surface area (Å²) in [5, 5.41) is 14.4. The quantitative estimate of drug-likeness (QED) is 0.476. The number of benzene rings is 2. The van der Waals surface area contributed by atoms with Gasteiger partial charge in [-0.1, -0.05) is 23.7 Å². The molecule has 4 saturated carbocycles. The predicted molar refractivity (Wildman–Crippen MR) is 124 cm³/mol. The summed E-state index contributed by atoms with van der Waals surface area (Å²) in [4.78, 5) is 11.1. The zero-order valence-electron chi connectivity index (χ0n) is 17.5. The molecule has 31 heavy (non-hydrogen) atoms. The molecule has 4 nitrogen and oxygen atoms in total. The van der Waals surface area contributed by atoms with Crippen molar-refractivity contribution in [1.29, 1.82) is 0 Å². The third-order valence-corrected chi connectivity index (χ3v) is 8.29. The molecule has 4 aliphatic rings. The van der Waals surface area contributed by atoms with Gasteiger partial charge < -0.3 is 15.0 Å². The summed E-state index contributed by atoms with van der Waals surface area (Å²) in [5.41, 5.74) is 4.46. The molecule has 0 aliphatic heterocycles. The summed E-state index contributed by atoms with van der Waals surface area (Å²) < 4.78 is 1.75. The molecule has 0 radical (unpaired) electrons. The summed E-state index contributed by atoms with van der Waals surface area (Å²) in [6.45, 7) is -0.0481. The monoisotopic (exact) mass is 434 g/mol. The first-order chi connectivity index (χ1) is 15.0. The fourth-order valence-corrected chi connectivity index (χ4v) is 7.34. The van der Waals surface area contributed by atoms with Gasteiger partial charge in [0.25, 0.3) is 0 Å². The Morgan fingerprint density at radius 3 is 2.39 bits per heavy atom. The van der Waals surface area contributed by atoms with Gasteiger partial charge in [0.1, 0.15) is 6.54 Å². The average molecular weight is 435 g/mol. The molecular formula is C26H27ClN2O2. The van der Waals surface area contributed by atoms with Crippen molar-refractivity contribution in [3.8, 4) is 0 Å². The molecule has 1 heterocycles. The number of carboxylic acid groups (broad SMARTS) is 1. The van der Waals surface area contributed by atoms with E-state index in [2.05, 4.69) is 23.5 Å². The van der Waals surface area contributed by atoms with Crippen molar-refractivity contribution in [2.45, 2.75) is 50.5 Å². The number of nitrogens with one attached hydrogen (secondary N) is 1. The van der Waals surface area contributed by atoms with Crippen LogP contribution in [-0.2, 0) is 16.8 Å². The number of hydrogen-bond acceptors (Lipinski definition) is 2. The minimum Gasteiger partial charge on any atom is -0.480 e. The van der Waals surface area contributed by atoms with Crippen LogP contribution < -0.4 is 5.32 Å². The topological polar surface area (TPSA) is 54.3 Å². The second kappa shape index (κ2) is 7.03. The molecule has 7 rings (SSSR count). The zero-order chi connectivity index (χ0) is 21.2. The molecule has 0 amide bonds. The molecule has 160 valence electrons. The van der Waals surface area contributed by atoms with Gasteiger partial charge in [-0.15, -0.1) is 0 Å². The molecule has 3 aromatic rings. The zero-order valence-corrected chi connectivity index (χ0v) is 18.2. The Labute approximate surface area is 187 Å². The minimum absolute atomic E-state index is 0.0481. The standard InChI is InChI=1S/C26H27ClN2O2/c27-22-10-20(26-12-16-7-17(13-26)9-18(8-16)14-26)2-4-23(22)28-21-3-1-19-5-6-29(15-25(30)31)24(19)11-21/h1-6,10-11,16-18,28H,7-9,12-15H2,(H,30,31). The Morgan fingerprint density at radius 2 is 1.74 bits per heavy atom. The third kappa shape index (κ3) is 3.32. The van der Waals surface area contributed by atoms with Crippen molar-refractivity contribution in [3.05, 3.63) is 59.2 Å². The van der Waals surface area contributed by atoms with Crippen molar-refractivity contribution in [2.75, 3.05) is 5.32 Å². The second-order valence-electron chi connectivity index (χ2n) is 10.1. The number of aromatic nitrogens is 1. The maximum Gasteiger partial charge on any atom is 0.323 e.